The van der Waals surface area contributed by atoms with Crippen molar-refractivity contribution in [2.75, 3.05) is 13.1 Å². The molecule has 1 saturated heterocycles. The van der Waals surface area contributed by atoms with E-state index in [9.17, 15) is 4.79 Å². The zero-order valence-electron chi connectivity index (χ0n) is 20.3. The quantitative estimate of drug-likeness (QED) is 0.347. The van der Waals surface area contributed by atoms with Gasteiger partial charge in [-0.2, -0.15) is 0 Å². The first kappa shape index (κ1) is 23.6. The maximum absolute atomic E-state index is 13.3. The number of carbonyl (C=O) groups excluding carboxylic acids is 1. The highest BCUT2D eigenvalue weighted by atomic mass is 16.2. The van der Waals surface area contributed by atoms with Crippen LogP contribution in [0.1, 0.15) is 42.6 Å². The standard InChI is InChI=1S/C31H34N2O/c1-4-10-26(11-5-2)29(6-3)33-21-18-27-23-28(14-15-30(27)33)31(34)32-19-16-25(17-20-32)22-24-12-8-7-9-13-24/h4-15,18,21,23,25H,1,16-17,19-20,22H2,2-3H3/b11-5-,26-10+,29-6-. The molecular formula is C31H34N2O. The molecule has 3 nitrogen and oxygen atoms in total. The molecule has 1 aliphatic heterocycles. The number of amides is 1. The van der Waals surface area contributed by atoms with Crippen molar-refractivity contribution in [3.63, 3.8) is 0 Å². The van der Waals surface area contributed by atoms with Crippen molar-refractivity contribution in [3.05, 3.63) is 114 Å². The van der Waals surface area contributed by atoms with Crippen LogP contribution in [-0.4, -0.2) is 28.5 Å². The van der Waals surface area contributed by atoms with Crippen molar-refractivity contribution < 1.29 is 4.79 Å². The van der Waals surface area contributed by atoms with E-state index >= 15 is 0 Å². The number of hydrogen-bond acceptors (Lipinski definition) is 1. The van der Waals surface area contributed by atoms with E-state index in [1.807, 2.05) is 49.1 Å². The number of fused-ring (bicyclic) bond motifs is 1. The lowest BCUT2D eigenvalue weighted by atomic mass is 9.90. The molecule has 0 aliphatic carbocycles. The van der Waals surface area contributed by atoms with Gasteiger partial charge in [0.1, 0.15) is 0 Å². The Morgan fingerprint density at radius 2 is 1.82 bits per heavy atom. The fraction of sp³-hybridized carbons (Fsp3) is 0.258. The van der Waals surface area contributed by atoms with Gasteiger partial charge in [0, 0.05) is 35.9 Å². The van der Waals surface area contributed by atoms with E-state index in [1.54, 1.807) is 0 Å². The van der Waals surface area contributed by atoms with Gasteiger partial charge in [-0.3, -0.25) is 4.79 Å². The lowest BCUT2D eigenvalue weighted by molar-refractivity contribution is 0.0690. The molecule has 0 unspecified atom stereocenters. The van der Waals surface area contributed by atoms with E-state index in [0.29, 0.717) is 5.92 Å². The molecule has 0 radical (unpaired) electrons. The van der Waals surface area contributed by atoms with Gasteiger partial charge >= 0.3 is 0 Å². The number of hydrogen-bond donors (Lipinski definition) is 0. The van der Waals surface area contributed by atoms with Crippen molar-refractivity contribution in [2.45, 2.75) is 33.1 Å². The van der Waals surface area contributed by atoms with Crippen LogP contribution in [-0.2, 0) is 6.42 Å². The monoisotopic (exact) mass is 450 g/mol. The van der Waals surface area contributed by atoms with Crippen LogP contribution in [0.5, 0.6) is 0 Å². The Balaban J connectivity index is 1.48. The minimum Gasteiger partial charge on any atom is -0.339 e. The third-order valence-electron chi connectivity index (χ3n) is 6.68. The number of allylic oxidation sites excluding steroid dienone is 7. The molecule has 0 atom stereocenters. The molecule has 1 aromatic heterocycles. The van der Waals surface area contributed by atoms with Crippen molar-refractivity contribution in [3.8, 4) is 0 Å². The van der Waals surface area contributed by atoms with Gasteiger partial charge in [-0.05, 0) is 74.4 Å². The van der Waals surface area contributed by atoms with Gasteiger partial charge in [-0.25, -0.2) is 0 Å². The maximum atomic E-state index is 13.3. The Labute approximate surface area is 203 Å². The van der Waals surface area contributed by atoms with Gasteiger partial charge in [-0.1, -0.05) is 67.3 Å². The minimum absolute atomic E-state index is 0.139. The van der Waals surface area contributed by atoms with Crippen LogP contribution < -0.4 is 0 Å². The van der Waals surface area contributed by atoms with Crippen LogP contribution in [0.15, 0.2) is 103 Å². The highest BCUT2D eigenvalue weighted by Crippen LogP contribution is 2.28. The molecular weight excluding hydrogens is 416 g/mol. The van der Waals surface area contributed by atoms with E-state index in [2.05, 4.69) is 72.0 Å². The van der Waals surface area contributed by atoms with E-state index < -0.39 is 0 Å². The molecule has 3 aromatic rings. The molecule has 174 valence electrons. The average Bonchev–Trinajstić information content (AvgIpc) is 3.28. The minimum atomic E-state index is 0.139. The molecule has 2 heterocycles. The van der Waals surface area contributed by atoms with E-state index in [4.69, 9.17) is 0 Å². The second kappa shape index (κ2) is 11.0. The Hall–Kier alpha value is -3.59. The Morgan fingerprint density at radius 3 is 2.50 bits per heavy atom. The molecule has 0 N–H and O–H groups in total. The molecule has 3 heteroatoms. The van der Waals surface area contributed by atoms with Crippen LogP contribution in [0.4, 0.5) is 0 Å². The predicted molar refractivity (Wildman–Crippen MR) is 144 cm³/mol. The second-order valence-electron chi connectivity index (χ2n) is 8.92. The zero-order chi connectivity index (χ0) is 23.9. The number of nitrogens with zero attached hydrogens (tertiary/aromatic N) is 2. The van der Waals surface area contributed by atoms with Gasteiger partial charge in [0.2, 0.25) is 0 Å². The Bertz CT molecular complexity index is 1230. The van der Waals surface area contributed by atoms with Crippen molar-refractivity contribution in [2.24, 2.45) is 5.92 Å². The van der Waals surface area contributed by atoms with Crippen LogP contribution >= 0.6 is 0 Å². The molecule has 1 aliphatic rings. The number of benzene rings is 2. The summed E-state index contributed by atoms with van der Waals surface area (Å²) in [4.78, 5) is 15.3. The van der Waals surface area contributed by atoms with Gasteiger partial charge in [0.05, 0.1) is 5.52 Å². The fourth-order valence-corrected chi connectivity index (χ4v) is 4.93. The summed E-state index contributed by atoms with van der Waals surface area (Å²) in [7, 11) is 0. The number of aromatic nitrogens is 1. The van der Waals surface area contributed by atoms with E-state index in [1.165, 1.54) is 5.56 Å². The first-order valence-electron chi connectivity index (χ1n) is 12.2. The summed E-state index contributed by atoms with van der Waals surface area (Å²) in [6.07, 6.45) is 15.3. The molecule has 1 amide bonds. The SMILES string of the molecule is C=C/C=C(\C=C/C)C(=C/C)/n1ccc2cc(C(=O)N3CCC(Cc4ccccc4)CC3)ccc21. The van der Waals surface area contributed by atoms with Gasteiger partial charge in [0.15, 0.2) is 0 Å². The average molecular weight is 451 g/mol. The van der Waals surface area contributed by atoms with Gasteiger partial charge in [0.25, 0.3) is 5.91 Å². The number of carbonyl (C=O) groups is 1. The number of likely N-dealkylation sites (tertiary alicyclic amines) is 1. The molecule has 34 heavy (non-hydrogen) atoms. The largest absolute Gasteiger partial charge is 0.339 e. The van der Waals surface area contributed by atoms with Crippen molar-refractivity contribution in [1.29, 1.82) is 0 Å². The smallest absolute Gasteiger partial charge is 0.253 e. The summed E-state index contributed by atoms with van der Waals surface area (Å²) in [5, 5.41) is 1.07. The Kier molecular flexibility index (Phi) is 7.64. The Morgan fingerprint density at radius 1 is 1.06 bits per heavy atom. The molecule has 4 rings (SSSR count). The normalized spacial score (nSPS) is 15.9. The van der Waals surface area contributed by atoms with Gasteiger partial charge < -0.3 is 9.47 Å². The van der Waals surface area contributed by atoms with Crippen LogP contribution in [0.3, 0.4) is 0 Å². The molecule has 0 spiro atoms. The summed E-state index contributed by atoms with van der Waals surface area (Å²) < 4.78 is 2.17. The van der Waals surface area contributed by atoms with Gasteiger partial charge in [-0.15, -0.1) is 0 Å². The number of piperidine rings is 1. The maximum Gasteiger partial charge on any atom is 0.253 e. The molecule has 0 bridgehead atoms. The van der Waals surface area contributed by atoms with Crippen LogP contribution in [0.25, 0.3) is 16.6 Å². The first-order valence-corrected chi connectivity index (χ1v) is 12.2. The third-order valence-corrected chi connectivity index (χ3v) is 6.68. The zero-order valence-corrected chi connectivity index (χ0v) is 20.3. The summed E-state index contributed by atoms with van der Waals surface area (Å²) in [5.41, 5.74) is 5.43. The third kappa shape index (κ3) is 5.14. The topological polar surface area (TPSA) is 25.2 Å². The van der Waals surface area contributed by atoms with Crippen molar-refractivity contribution >= 4 is 22.5 Å². The summed E-state index contributed by atoms with van der Waals surface area (Å²) in [5.74, 6) is 0.789. The highest BCUT2D eigenvalue weighted by Gasteiger charge is 2.24. The summed E-state index contributed by atoms with van der Waals surface area (Å²) in [6, 6.07) is 18.8. The lowest BCUT2D eigenvalue weighted by Gasteiger charge is -2.32. The van der Waals surface area contributed by atoms with E-state index in [-0.39, 0.29) is 5.91 Å². The molecule has 1 fully saturated rings. The second-order valence-corrected chi connectivity index (χ2v) is 8.92. The van der Waals surface area contributed by atoms with Crippen LogP contribution in [0, 0.1) is 5.92 Å². The predicted octanol–water partition coefficient (Wildman–Crippen LogP) is 7.29. The summed E-state index contributed by atoms with van der Waals surface area (Å²) >= 11 is 0. The summed E-state index contributed by atoms with van der Waals surface area (Å²) in [6.45, 7) is 9.57. The molecule has 2 aromatic carbocycles. The lowest BCUT2D eigenvalue weighted by Crippen LogP contribution is -2.38. The van der Waals surface area contributed by atoms with E-state index in [0.717, 1.165) is 60.1 Å². The highest BCUT2D eigenvalue weighted by molar-refractivity contribution is 5.99. The number of rotatable bonds is 7. The van der Waals surface area contributed by atoms with Crippen molar-refractivity contribution in [1.82, 2.24) is 9.47 Å². The van der Waals surface area contributed by atoms with Crippen LogP contribution in [0.2, 0.25) is 0 Å². The molecule has 0 saturated carbocycles. The fourth-order valence-electron chi connectivity index (χ4n) is 4.93. The first-order chi connectivity index (χ1) is 16.6.